The molecule has 2 aliphatic heterocycles. The number of aliphatic carboxylic acids is 1. The van der Waals surface area contributed by atoms with Gasteiger partial charge in [0, 0.05) is 11.1 Å². The van der Waals surface area contributed by atoms with Crippen LogP contribution in [0.5, 0.6) is 0 Å². The van der Waals surface area contributed by atoms with Crippen LogP contribution < -0.4 is 0 Å². The summed E-state index contributed by atoms with van der Waals surface area (Å²) in [4.78, 5) is 35.8. The van der Waals surface area contributed by atoms with E-state index in [1.807, 2.05) is 0 Å². The predicted molar refractivity (Wildman–Crippen MR) is 56.0 cm³/mol. The number of imide groups is 1. The SMILES string of the molecule is CC1=C(C)C(=O)N(C2COCC2C(=O)O)C1=O. The van der Waals surface area contributed by atoms with Crippen LogP contribution in [0.4, 0.5) is 0 Å². The first-order valence-corrected chi connectivity index (χ1v) is 5.31. The molecule has 0 saturated carbocycles. The zero-order valence-corrected chi connectivity index (χ0v) is 9.60. The normalized spacial score (nSPS) is 29.4. The van der Waals surface area contributed by atoms with Gasteiger partial charge in [-0.25, -0.2) is 0 Å². The molecule has 0 aliphatic carbocycles. The van der Waals surface area contributed by atoms with Crippen LogP contribution >= 0.6 is 0 Å². The molecule has 0 spiro atoms. The average molecular weight is 239 g/mol. The third kappa shape index (κ3) is 1.64. The summed E-state index contributed by atoms with van der Waals surface area (Å²) in [6.45, 7) is 3.27. The molecule has 17 heavy (non-hydrogen) atoms. The van der Waals surface area contributed by atoms with Crippen molar-refractivity contribution < 1.29 is 24.2 Å². The Balaban J connectivity index is 2.28. The van der Waals surface area contributed by atoms with Crippen LogP contribution in [0.3, 0.4) is 0 Å². The highest BCUT2D eigenvalue weighted by atomic mass is 16.5. The molecular weight excluding hydrogens is 226 g/mol. The summed E-state index contributed by atoms with van der Waals surface area (Å²) >= 11 is 0. The van der Waals surface area contributed by atoms with E-state index in [0.717, 1.165) is 4.90 Å². The molecule has 1 N–H and O–H groups in total. The number of carboxylic acid groups (broad SMARTS) is 1. The van der Waals surface area contributed by atoms with E-state index in [1.54, 1.807) is 13.8 Å². The number of hydrogen-bond donors (Lipinski definition) is 1. The van der Waals surface area contributed by atoms with Gasteiger partial charge in [-0.2, -0.15) is 0 Å². The monoisotopic (exact) mass is 239 g/mol. The van der Waals surface area contributed by atoms with E-state index in [2.05, 4.69) is 0 Å². The third-order valence-corrected chi connectivity index (χ3v) is 3.34. The van der Waals surface area contributed by atoms with Crippen molar-refractivity contribution in [3.8, 4) is 0 Å². The van der Waals surface area contributed by atoms with Crippen LogP contribution in [0.1, 0.15) is 13.8 Å². The quantitative estimate of drug-likeness (QED) is 0.674. The molecule has 0 aromatic carbocycles. The minimum Gasteiger partial charge on any atom is -0.481 e. The number of rotatable bonds is 2. The van der Waals surface area contributed by atoms with Gasteiger partial charge < -0.3 is 9.84 Å². The summed E-state index contributed by atoms with van der Waals surface area (Å²) in [5.41, 5.74) is 0.761. The molecule has 2 aliphatic rings. The molecule has 0 radical (unpaired) electrons. The van der Waals surface area contributed by atoms with Crippen molar-refractivity contribution in [1.29, 1.82) is 0 Å². The van der Waals surface area contributed by atoms with Gasteiger partial charge in [-0.1, -0.05) is 0 Å². The lowest BCUT2D eigenvalue weighted by Crippen LogP contribution is -2.47. The smallest absolute Gasteiger partial charge is 0.311 e. The van der Waals surface area contributed by atoms with Gasteiger partial charge in [-0.3, -0.25) is 19.3 Å². The molecule has 6 nitrogen and oxygen atoms in total. The predicted octanol–water partition coefficient (Wildman–Crippen LogP) is -0.209. The van der Waals surface area contributed by atoms with E-state index in [4.69, 9.17) is 9.84 Å². The van der Waals surface area contributed by atoms with Gasteiger partial charge in [0.25, 0.3) is 11.8 Å². The van der Waals surface area contributed by atoms with Crippen molar-refractivity contribution in [2.45, 2.75) is 19.9 Å². The third-order valence-electron chi connectivity index (χ3n) is 3.34. The fraction of sp³-hybridized carbons (Fsp3) is 0.545. The zero-order chi connectivity index (χ0) is 12.7. The molecule has 2 atom stereocenters. The standard InChI is InChI=1S/C11H13NO5/c1-5-6(2)10(14)12(9(5)13)8-4-17-3-7(8)11(15)16/h7-8H,3-4H2,1-2H3,(H,15,16). The highest BCUT2D eigenvalue weighted by molar-refractivity contribution is 6.19. The molecule has 92 valence electrons. The maximum atomic E-state index is 11.9. The Kier molecular flexibility index (Phi) is 2.74. The molecule has 0 aromatic rings. The van der Waals surface area contributed by atoms with E-state index < -0.39 is 29.7 Å². The fourth-order valence-corrected chi connectivity index (χ4v) is 2.11. The molecule has 2 unspecified atom stereocenters. The van der Waals surface area contributed by atoms with Crippen LogP contribution in [-0.4, -0.2) is 47.0 Å². The first kappa shape index (κ1) is 11.8. The van der Waals surface area contributed by atoms with Gasteiger partial charge in [0.15, 0.2) is 0 Å². The maximum Gasteiger partial charge on any atom is 0.311 e. The Hall–Kier alpha value is -1.69. The summed E-state index contributed by atoms with van der Waals surface area (Å²) in [6.07, 6.45) is 0. The summed E-state index contributed by atoms with van der Waals surface area (Å²) < 4.78 is 5.07. The van der Waals surface area contributed by atoms with E-state index in [-0.39, 0.29) is 13.2 Å². The minimum absolute atomic E-state index is 0.0369. The minimum atomic E-state index is -1.05. The Morgan fingerprint density at radius 1 is 1.24 bits per heavy atom. The van der Waals surface area contributed by atoms with Crippen LogP contribution in [0.15, 0.2) is 11.1 Å². The highest BCUT2D eigenvalue weighted by Crippen LogP contribution is 2.28. The molecule has 1 saturated heterocycles. The van der Waals surface area contributed by atoms with Crippen molar-refractivity contribution in [3.05, 3.63) is 11.1 Å². The number of nitrogens with zero attached hydrogens (tertiary/aromatic N) is 1. The second-order valence-electron chi connectivity index (χ2n) is 4.28. The molecule has 6 heteroatoms. The van der Waals surface area contributed by atoms with Crippen LogP contribution in [0.2, 0.25) is 0 Å². The molecule has 2 heterocycles. The van der Waals surface area contributed by atoms with Crippen molar-refractivity contribution in [2.24, 2.45) is 5.92 Å². The number of carboxylic acids is 1. The lowest BCUT2D eigenvalue weighted by Gasteiger charge is -2.24. The Morgan fingerprint density at radius 2 is 1.76 bits per heavy atom. The molecule has 0 bridgehead atoms. The fourth-order valence-electron chi connectivity index (χ4n) is 2.11. The second kappa shape index (κ2) is 3.96. The maximum absolute atomic E-state index is 11.9. The Morgan fingerprint density at radius 3 is 2.24 bits per heavy atom. The van der Waals surface area contributed by atoms with Crippen LogP contribution in [0.25, 0.3) is 0 Å². The number of hydrogen-bond acceptors (Lipinski definition) is 4. The average Bonchev–Trinajstić information content (AvgIpc) is 2.81. The number of carbonyl (C=O) groups is 3. The second-order valence-corrected chi connectivity index (χ2v) is 4.28. The lowest BCUT2D eigenvalue weighted by atomic mass is 10.0. The summed E-state index contributed by atoms with van der Waals surface area (Å²) in [5.74, 6) is -2.69. The molecule has 2 amide bonds. The van der Waals surface area contributed by atoms with Gasteiger partial charge in [0.05, 0.1) is 19.3 Å². The van der Waals surface area contributed by atoms with Crippen molar-refractivity contribution in [3.63, 3.8) is 0 Å². The highest BCUT2D eigenvalue weighted by Gasteiger charge is 2.46. The summed E-state index contributed by atoms with van der Waals surface area (Å²) in [5, 5.41) is 9.01. The topological polar surface area (TPSA) is 83.9 Å². The zero-order valence-electron chi connectivity index (χ0n) is 9.60. The van der Waals surface area contributed by atoms with E-state index in [9.17, 15) is 14.4 Å². The van der Waals surface area contributed by atoms with Gasteiger partial charge in [-0.15, -0.1) is 0 Å². The van der Waals surface area contributed by atoms with Gasteiger partial charge >= 0.3 is 5.97 Å². The first-order valence-electron chi connectivity index (χ1n) is 5.31. The Labute approximate surface area is 97.8 Å². The molecule has 0 aromatic heterocycles. The number of amides is 2. The molecular formula is C11H13NO5. The first-order chi connectivity index (χ1) is 7.95. The van der Waals surface area contributed by atoms with Gasteiger partial charge in [0.1, 0.15) is 5.92 Å². The van der Waals surface area contributed by atoms with Gasteiger partial charge in [-0.05, 0) is 13.8 Å². The van der Waals surface area contributed by atoms with E-state index in [0.29, 0.717) is 11.1 Å². The van der Waals surface area contributed by atoms with E-state index in [1.165, 1.54) is 0 Å². The summed E-state index contributed by atoms with van der Waals surface area (Å²) in [7, 11) is 0. The van der Waals surface area contributed by atoms with Crippen molar-refractivity contribution >= 4 is 17.8 Å². The molecule has 1 fully saturated rings. The van der Waals surface area contributed by atoms with Gasteiger partial charge in [0.2, 0.25) is 0 Å². The number of carbonyl (C=O) groups excluding carboxylic acids is 2. The van der Waals surface area contributed by atoms with Crippen LogP contribution in [-0.2, 0) is 19.1 Å². The van der Waals surface area contributed by atoms with Crippen molar-refractivity contribution in [2.75, 3.05) is 13.2 Å². The summed E-state index contributed by atoms with van der Waals surface area (Å²) in [6, 6.07) is -0.695. The Bertz CT molecular complexity index is 415. The van der Waals surface area contributed by atoms with Crippen molar-refractivity contribution in [1.82, 2.24) is 4.90 Å². The lowest BCUT2D eigenvalue weighted by molar-refractivity contribution is -0.146. The molecule has 2 rings (SSSR count). The largest absolute Gasteiger partial charge is 0.481 e. The van der Waals surface area contributed by atoms with E-state index >= 15 is 0 Å². The number of ether oxygens (including phenoxy) is 1. The van der Waals surface area contributed by atoms with Crippen LogP contribution in [0, 0.1) is 5.92 Å².